The molecule has 2 heterocycles. The highest BCUT2D eigenvalue weighted by molar-refractivity contribution is 6.00. The van der Waals surface area contributed by atoms with Gasteiger partial charge in [-0.15, -0.1) is 0 Å². The van der Waals surface area contributed by atoms with E-state index in [1.54, 1.807) is 43.3 Å². The van der Waals surface area contributed by atoms with E-state index in [-0.39, 0.29) is 23.6 Å². The van der Waals surface area contributed by atoms with Gasteiger partial charge in [-0.3, -0.25) is 19.3 Å². The number of piperidine rings is 1. The molecule has 2 saturated heterocycles. The fourth-order valence-electron chi connectivity index (χ4n) is 6.96. The molecule has 0 aromatic heterocycles. The molecule has 238 valence electrons. The Morgan fingerprint density at radius 1 is 1.02 bits per heavy atom. The largest absolute Gasteiger partial charge is 0.457 e. The molecule has 10 nitrogen and oxygen atoms in total. The summed E-state index contributed by atoms with van der Waals surface area (Å²) in [5.41, 5.74) is 0.790. The minimum atomic E-state index is -0.908. The second kappa shape index (κ2) is 14.5. The average Bonchev–Trinajstić information content (AvgIpc) is 3.06. The molecule has 1 spiro atoms. The molecule has 3 amide bonds. The number of carbonyl (C=O) groups is 3. The first-order valence-corrected chi connectivity index (χ1v) is 16.0. The summed E-state index contributed by atoms with van der Waals surface area (Å²) < 4.78 is 11.2. The molecular formula is C34H46N4O6. The first-order valence-electron chi connectivity index (χ1n) is 16.0. The molecule has 2 atom stereocenters. The highest BCUT2D eigenvalue weighted by Crippen LogP contribution is 2.36. The summed E-state index contributed by atoms with van der Waals surface area (Å²) in [7, 11) is 3.24. The number of hydrogen-bond donors (Lipinski definition) is 3. The number of ether oxygens (including phenoxy) is 2. The number of rotatable bonds is 11. The van der Waals surface area contributed by atoms with Crippen LogP contribution in [0.15, 0.2) is 48.5 Å². The second-order valence-corrected chi connectivity index (χ2v) is 12.3. The molecule has 0 unspecified atom stereocenters. The van der Waals surface area contributed by atoms with E-state index in [1.165, 1.54) is 0 Å². The first kappa shape index (κ1) is 31.9. The molecular weight excluding hydrogens is 560 g/mol. The van der Waals surface area contributed by atoms with Gasteiger partial charge in [-0.1, -0.05) is 31.4 Å². The van der Waals surface area contributed by atoms with Gasteiger partial charge in [0.05, 0.1) is 6.10 Å². The first-order chi connectivity index (χ1) is 21.3. The van der Waals surface area contributed by atoms with Crippen LogP contribution in [-0.2, 0) is 20.9 Å². The number of piperazine rings is 1. The van der Waals surface area contributed by atoms with E-state index in [9.17, 15) is 19.5 Å². The molecule has 2 aliphatic heterocycles. The Morgan fingerprint density at radius 3 is 2.27 bits per heavy atom. The van der Waals surface area contributed by atoms with Crippen LogP contribution < -0.4 is 15.4 Å². The average molecular weight is 607 g/mol. The zero-order valence-electron chi connectivity index (χ0n) is 25.9. The lowest BCUT2D eigenvalue weighted by atomic mass is 9.78. The molecule has 2 aromatic carbocycles. The van der Waals surface area contributed by atoms with Crippen LogP contribution in [0.3, 0.4) is 0 Å². The van der Waals surface area contributed by atoms with Crippen LogP contribution in [0.2, 0.25) is 0 Å². The van der Waals surface area contributed by atoms with Crippen LogP contribution in [0.25, 0.3) is 0 Å². The Bertz CT molecular complexity index is 1270. The highest BCUT2D eigenvalue weighted by atomic mass is 16.5. The van der Waals surface area contributed by atoms with Gasteiger partial charge in [0.1, 0.15) is 23.1 Å². The van der Waals surface area contributed by atoms with E-state index in [2.05, 4.69) is 15.5 Å². The minimum absolute atomic E-state index is 0.0427. The molecule has 1 aliphatic carbocycles. The third kappa shape index (κ3) is 7.08. The van der Waals surface area contributed by atoms with Gasteiger partial charge in [-0.2, -0.15) is 0 Å². The van der Waals surface area contributed by atoms with E-state index >= 15 is 0 Å². The highest BCUT2D eigenvalue weighted by Gasteiger charge is 2.55. The second-order valence-electron chi connectivity index (χ2n) is 12.3. The van der Waals surface area contributed by atoms with Gasteiger partial charge >= 0.3 is 0 Å². The molecule has 5 rings (SSSR count). The summed E-state index contributed by atoms with van der Waals surface area (Å²) in [4.78, 5) is 43.5. The van der Waals surface area contributed by atoms with Gasteiger partial charge in [0.2, 0.25) is 11.8 Å². The summed E-state index contributed by atoms with van der Waals surface area (Å²) in [6, 6.07) is 14.0. The number of nitrogens with one attached hydrogen (secondary N) is 2. The molecule has 0 bridgehead atoms. The van der Waals surface area contributed by atoms with E-state index in [1.807, 2.05) is 24.3 Å². The van der Waals surface area contributed by atoms with Crippen molar-refractivity contribution < 1.29 is 29.0 Å². The standard InChI is InChI=1S/C34H46N4O6/c1-35-31(40)26-11-15-28(16-12-26)44-27-13-9-24(10-14-27)23-37-20-17-34(18-21-37)33(42)36-29(30(39)25-7-4-3-5-8-25)32(41)38(34)19-6-22-43-2/h9-16,25,29-30,39H,3-8,17-23H2,1-2H3,(H,35,40)(H,36,42)/t29-,30-/m1/s1. The van der Waals surface area contributed by atoms with Crippen molar-refractivity contribution in [3.63, 3.8) is 0 Å². The number of hydrogen-bond acceptors (Lipinski definition) is 7. The fraction of sp³-hybridized carbons (Fsp3) is 0.559. The van der Waals surface area contributed by atoms with Crippen molar-refractivity contribution in [1.82, 2.24) is 20.4 Å². The Labute approximate surface area is 260 Å². The quantitative estimate of drug-likeness (QED) is 0.335. The molecule has 3 fully saturated rings. The van der Waals surface area contributed by atoms with Crippen molar-refractivity contribution in [2.45, 2.75) is 75.6 Å². The lowest BCUT2D eigenvalue weighted by Gasteiger charge is -2.52. The van der Waals surface area contributed by atoms with Crippen molar-refractivity contribution in [1.29, 1.82) is 0 Å². The van der Waals surface area contributed by atoms with Crippen molar-refractivity contribution >= 4 is 17.7 Å². The monoisotopic (exact) mass is 606 g/mol. The van der Waals surface area contributed by atoms with Crippen LogP contribution in [0.1, 0.15) is 67.3 Å². The number of benzene rings is 2. The van der Waals surface area contributed by atoms with Gasteiger partial charge in [0.15, 0.2) is 0 Å². The zero-order valence-corrected chi connectivity index (χ0v) is 25.9. The van der Waals surface area contributed by atoms with Crippen molar-refractivity contribution in [3.05, 3.63) is 59.7 Å². The molecule has 10 heteroatoms. The molecule has 3 aliphatic rings. The number of likely N-dealkylation sites (tertiary alicyclic amines) is 1. The molecule has 0 radical (unpaired) electrons. The van der Waals surface area contributed by atoms with Crippen LogP contribution in [0, 0.1) is 5.92 Å². The summed E-state index contributed by atoms with van der Waals surface area (Å²) in [5, 5.41) is 16.8. The molecule has 2 aromatic rings. The SMILES string of the molecule is CNC(=O)c1ccc(Oc2ccc(CN3CCC4(CC3)C(=O)N[C@H]([C@H](O)C3CCCCC3)C(=O)N4CCCOC)cc2)cc1. The van der Waals surface area contributed by atoms with Gasteiger partial charge in [-0.05, 0) is 80.0 Å². The fourth-order valence-corrected chi connectivity index (χ4v) is 6.96. The van der Waals surface area contributed by atoms with Gasteiger partial charge < -0.3 is 30.1 Å². The van der Waals surface area contributed by atoms with Crippen LogP contribution in [-0.4, -0.2) is 90.7 Å². The number of nitrogens with zero attached hydrogens (tertiary/aromatic N) is 2. The van der Waals surface area contributed by atoms with E-state index in [4.69, 9.17) is 9.47 Å². The minimum Gasteiger partial charge on any atom is -0.457 e. The van der Waals surface area contributed by atoms with Gasteiger partial charge in [-0.25, -0.2) is 0 Å². The van der Waals surface area contributed by atoms with Crippen molar-refractivity contribution in [3.8, 4) is 11.5 Å². The maximum Gasteiger partial charge on any atom is 0.251 e. The van der Waals surface area contributed by atoms with E-state index in [0.29, 0.717) is 62.6 Å². The lowest BCUT2D eigenvalue weighted by molar-refractivity contribution is -0.166. The molecule has 44 heavy (non-hydrogen) atoms. The number of carbonyl (C=O) groups excluding carboxylic acids is 3. The lowest BCUT2D eigenvalue weighted by Crippen LogP contribution is -2.75. The summed E-state index contributed by atoms with van der Waals surface area (Å²) >= 11 is 0. The number of aliphatic hydroxyl groups is 1. The Morgan fingerprint density at radius 2 is 1.66 bits per heavy atom. The van der Waals surface area contributed by atoms with E-state index in [0.717, 1.165) is 44.2 Å². The molecule has 1 saturated carbocycles. The number of amides is 3. The smallest absolute Gasteiger partial charge is 0.251 e. The van der Waals surface area contributed by atoms with Crippen LogP contribution in [0.5, 0.6) is 11.5 Å². The summed E-state index contributed by atoms with van der Waals surface area (Å²) in [5.74, 6) is 0.950. The Hall–Kier alpha value is -3.47. The maximum absolute atomic E-state index is 13.9. The van der Waals surface area contributed by atoms with Crippen LogP contribution in [0.4, 0.5) is 0 Å². The predicted molar refractivity (Wildman–Crippen MR) is 166 cm³/mol. The van der Waals surface area contributed by atoms with Crippen molar-refractivity contribution in [2.75, 3.05) is 40.4 Å². The topological polar surface area (TPSA) is 120 Å². The maximum atomic E-state index is 13.9. The van der Waals surface area contributed by atoms with Crippen molar-refractivity contribution in [2.24, 2.45) is 5.92 Å². The Balaban J connectivity index is 1.20. The van der Waals surface area contributed by atoms with Crippen LogP contribution >= 0.6 is 0 Å². The summed E-state index contributed by atoms with van der Waals surface area (Å²) in [6.07, 6.45) is 5.91. The van der Waals surface area contributed by atoms with Gasteiger partial charge in [0.25, 0.3) is 5.91 Å². The van der Waals surface area contributed by atoms with E-state index < -0.39 is 17.7 Å². The summed E-state index contributed by atoms with van der Waals surface area (Å²) in [6.45, 7) is 3.01. The number of methoxy groups -OCH3 is 1. The normalized spacial score (nSPS) is 21.6. The van der Waals surface area contributed by atoms with Gasteiger partial charge in [0, 0.05) is 52.5 Å². The Kier molecular flexibility index (Phi) is 10.6. The zero-order chi connectivity index (χ0) is 31.1. The molecule has 3 N–H and O–H groups in total. The third-order valence-electron chi connectivity index (χ3n) is 9.55. The predicted octanol–water partition coefficient (Wildman–Crippen LogP) is 3.48. The number of aliphatic hydroxyl groups excluding tert-OH is 1. The third-order valence-corrected chi connectivity index (χ3v) is 9.55.